The first kappa shape index (κ1) is 23.5. The van der Waals surface area contributed by atoms with Crippen LogP contribution < -0.4 is 0 Å². The molecule has 0 bridgehead atoms. The lowest BCUT2D eigenvalue weighted by atomic mass is 9.44. The zero-order valence-corrected chi connectivity index (χ0v) is 20.6. The Morgan fingerprint density at radius 2 is 1.68 bits per heavy atom. The lowest BCUT2D eigenvalue weighted by molar-refractivity contribution is -0.0998. The molecule has 4 heteroatoms. The van der Waals surface area contributed by atoms with Gasteiger partial charge in [0.05, 0.1) is 17.4 Å². The highest BCUT2D eigenvalue weighted by Crippen LogP contribution is 2.68. The van der Waals surface area contributed by atoms with Crippen LogP contribution in [-0.2, 0) is 0 Å². The molecular weight excluding hydrogens is 386 g/mol. The van der Waals surface area contributed by atoms with Gasteiger partial charge in [-0.05, 0) is 112 Å². The van der Waals surface area contributed by atoms with E-state index in [1.165, 1.54) is 38.5 Å². The van der Waals surface area contributed by atoms with Gasteiger partial charge in [0, 0.05) is 5.92 Å². The Kier molecular flexibility index (Phi) is 6.31. The molecule has 0 spiro atoms. The molecule has 3 N–H and O–H groups in total. The standard InChI is InChI=1S/C27H47NO3/c1-17(7-6-14-25(2,3)30)19-10-11-20-18-8-9-22-24(28-31)23(29)13-16-27(22,5)21(18)12-15-26(19,20)4/h17-23,29-31H,6-16H2,1-5H3/b28-24-/t17-,18+,19-,20+,21+,22+,23+,26-,27-/m1/s1. The van der Waals surface area contributed by atoms with Gasteiger partial charge in [-0.3, -0.25) is 0 Å². The van der Waals surface area contributed by atoms with Crippen LogP contribution >= 0.6 is 0 Å². The Morgan fingerprint density at radius 3 is 2.35 bits per heavy atom. The third-order valence-corrected chi connectivity index (χ3v) is 10.8. The van der Waals surface area contributed by atoms with Crippen molar-refractivity contribution in [1.29, 1.82) is 0 Å². The van der Waals surface area contributed by atoms with Gasteiger partial charge in [-0.15, -0.1) is 0 Å². The maximum atomic E-state index is 10.4. The lowest BCUT2D eigenvalue weighted by Crippen LogP contribution is -2.57. The maximum absolute atomic E-state index is 10.4. The fourth-order valence-corrected chi connectivity index (χ4v) is 9.30. The van der Waals surface area contributed by atoms with Crippen LogP contribution in [0.2, 0.25) is 0 Å². The van der Waals surface area contributed by atoms with Crippen LogP contribution in [0.5, 0.6) is 0 Å². The summed E-state index contributed by atoms with van der Waals surface area (Å²) in [6, 6.07) is 0. The molecule has 0 saturated heterocycles. The average molecular weight is 434 g/mol. The van der Waals surface area contributed by atoms with Crippen LogP contribution in [0.4, 0.5) is 0 Å². The second kappa shape index (κ2) is 8.31. The van der Waals surface area contributed by atoms with Crippen molar-refractivity contribution in [3.63, 3.8) is 0 Å². The Bertz CT molecular complexity index is 684. The van der Waals surface area contributed by atoms with Crippen LogP contribution in [0.3, 0.4) is 0 Å². The Labute approximate surface area is 189 Å². The summed E-state index contributed by atoms with van der Waals surface area (Å²) in [6.07, 6.45) is 12.2. The van der Waals surface area contributed by atoms with Crippen LogP contribution in [0.1, 0.15) is 105 Å². The summed E-state index contributed by atoms with van der Waals surface area (Å²) in [5.74, 6) is 4.13. The van der Waals surface area contributed by atoms with E-state index in [4.69, 9.17) is 0 Å². The third kappa shape index (κ3) is 3.98. The average Bonchev–Trinajstić information content (AvgIpc) is 3.04. The molecule has 0 amide bonds. The van der Waals surface area contributed by atoms with Crippen LogP contribution in [-0.4, -0.2) is 32.8 Å². The van der Waals surface area contributed by atoms with Crippen molar-refractivity contribution < 1.29 is 15.4 Å². The van der Waals surface area contributed by atoms with E-state index in [1.54, 1.807) is 0 Å². The molecule has 4 aliphatic carbocycles. The van der Waals surface area contributed by atoms with Gasteiger partial charge in [0.2, 0.25) is 0 Å². The molecule has 4 aliphatic rings. The number of rotatable bonds is 5. The van der Waals surface area contributed by atoms with E-state index in [-0.39, 0.29) is 11.3 Å². The third-order valence-electron chi connectivity index (χ3n) is 10.8. The van der Waals surface area contributed by atoms with E-state index >= 15 is 0 Å². The van der Waals surface area contributed by atoms with E-state index in [0.717, 1.165) is 55.8 Å². The number of hydrogen-bond donors (Lipinski definition) is 3. The Balaban J connectivity index is 1.48. The summed E-state index contributed by atoms with van der Waals surface area (Å²) >= 11 is 0. The van der Waals surface area contributed by atoms with Gasteiger partial charge in [0.15, 0.2) is 0 Å². The number of aliphatic hydroxyl groups excluding tert-OH is 1. The van der Waals surface area contributed by atoms with Gasteiger partial charge in [0.25, 0.3) is 0 Å². The lowest BCUT2D eigenvalue weighted by Gasteiger charge is -2.61. The van der Waals surface area contributed by atoms with Gasteiger partial charge < -0.3 is 15.4 Å². The molecule has 9 atom stereocenters. The molecule has 0 aromatic heterocycles. The van der Waals surface area contributed by atoms with Crippen LogP contribution in [0.25, 0.3) is 0 Å². The minimum absolute atomic E-state index is 0.182. The summed E-state index contributed by atoms with van der Waals surface area (Å²) in [5, 5.41) is 33.8. The molecule has 0 unspecified atom stereocenters. The highest BCUT2D eigenvalue weighted by atomic mass is 16.4. The number of aliphatic hydroxyl groups is 2. The van der Waals surface area contributed by atoms with Gasteiger partial charge in [0.1, 0.15) is 0 Å². The molecule has 31 heavy (non-hydrogen) atoms. The first-order valence-electron chi connectivity index (χ1n) is 13.1. The largest absolute Gasteiger partial charge is 0.411 e. The van der Waals surface area contributed by atoms with E-state index in [2.05, 4.69) is 25.9 Å². The topological polar surface area (TPSA) is 73.1 Å². The summed E-state index contributed by atoms with van der Waals surface area (Å²) in [7, 11) is 0. The second-order valence-electron chi connectivity index (χ2n) is 13.0. The van der Waals surface area contributed by atoms with Crippen LogP contribution in [0, 0.1) is 46.3 Å². The maximum Gasteiger partial charge on any atom is 0.0957 e. The quantitative estimate of drug-likeness (QED) is 0.366. The smallest absolute Gasteiger partial charge is 0.0957 e. The van der Waals surface area contributed by atoms with Crippen molar-refractivity contribution in [1.82, 2.24) is 0 Å². The second-order valence-corrected chi connectivity index (χ2v) is 13.0. The normalized spacial score (nSPS) is 47.5. The molecule has 0 heterocycles. The highest BCUT2D eigenvalue weighted by molar-refractivity contribution is 5.91. The van der Waals surface area contributed by atoms with E-state index < -0.39 is 11.7 Å². The summed E-state index contributed by atoms with van der Waals surface area (Å²) in [5.41, 5.74) is 0.769. The van der Waals surface area contributed by atoms with E-state index in [0.29, 0.717) is 17.0 Å². The van der Waals surface area contributed by atoms with Crippen molar-refractivity contribution in [3.05, 3.63) is 0 Å². The predicted molar refractivity (Wildman–Crippen MR) is 125 cm³/mol. The van der Waals surface area contributed by atoms with Gasteiger partial charge >= 0.3 is 0 Å². The first-order chi connectivity index (χ1) is 14.5. The molecule has 4 fully saturated rings. The number of nitrogens with zero attached hydrogens (tertiary/aromatic N) is 1. The molecule has 4 nitrogen and oxygen atoms in total. The minimum atomic E-state index is -0.547. The molecule has 0 aliphatic heterocycles. The summed E-state index contributed by atoms with van der Waals surface area (Å²) in [6.45, 7) is 11.4. The van der Waals surface area contributed by atoms with Crippen LogP contribution in [0.15, 0.2) is 5.16 Å². The number of oxime groups is 1. The molecule has 0 aromatic carbocycles. The van der Waals surface area contributed by atoms with Crippen molar-refractivity contribution in [2.24, 2.45) is 51.5 Å². The molecule has 4 rings (SSSR count). The fraction of sp³-hybridized carbons (Fsp3) is 0.963. The highest BCUT2D eigenvalue weighted by Gasteiger charge is 2.61. The van der Waals surface area contributed by atoms with Gasteiger partial charge in [-0.25, -0.2) is 0 Å². The first-order valence-corrected chi connectivity index (χ1v) is 13.1. The molecule has 0 aromatic rings. The van der Waals surface area contributed by atoms with Crippen molar-refractivity contribution in [3.8, 4) is 0 Å². The molecule has 4 saturated carbocycles. The fourth-order valence-electron chi connectivity index (χ4n) is 9.30. The van der Waals surface area contributed by atoms with Gasteiger partial charge in [-0.2, -0.15) is 0 Å². The Hall–Kier alpha value is -0.610. The summed E-state index contributed by atoms with van der Waals surface area (Å²) in [4.78, 5) is 0. The minimum Gasteiger partial charge on any atom is -0.411 e. The number of hydrogen-bond acceptors (Lipinski definition) is 4. The van der Waals surface area contributed by atoms with Crippen molar-refractivity contribution >= 4 is 5.71 Å². The Morgan fingerprint density at radius 1 is 1.00 bits per heavy atom. The zero-order valence-electron chi connectivity index (χ0n) is 20.6. The summed E-state index contributed by atoms with van der Waals surface area (Å²) < 4.78 is 0. The zero-order chi connectivity index (χ0) is 22.6. The van der Waals surface area contributed by atoms with Gasteiger partial charge in [-0.1, -0.05) is 38.8 Å². The SMILES string of the molecule is C[C@H](CCCC(C)(C)O)[C@H]1CC[C@H]2[C@@H]3CC[C@H]4/C(=N/O)[C@@H](O)CC[C@]4(C)[C@H]3CC[C@]12C. The number of fused-ring (bicyclic) bond motifs is 5. The van der Waals surface area contributed by atoms with Crippen molar-refractivity contribution in [2.75, 3.05) is 0 Å². The molecular formula is C27H47NO3. The predicted octanol–water partition coefficient (Wildman–Crippen LogP) is 6.02. The molecule has 178 valence electrons. The van der Waals surface area contributed by atoms with E-state index in [1.807, 2.05) is 13.8 Å². The van der Waals surface area contributed by atoms with E-state index in [9.17, 15) is 15.4 Å². The van der Waals surface area contributed by atoms with Crippen molar-refractivity contribution in [2.45, 2.75) is 117 Å². The molecule has 0 radical (unpaired) electrons. The monoisotopic (exact) mass is 433 g/mol.